The van der Waals surface area contributed by atoms with Crippen LogP contribution in [-0.4, -0.2) is 134 Å². The Hall–Kier alpha value is -6.76. The van der Waals surface area contributed by atoms with Crippen molar-refractivity contribution in [3.63, 3.8) is 0 Å². The van der Waals surface area contributed by atoms with E-state index in [1.54, 1.807) is 76.2 Å². The molecule has 428 valence electrons. The van der Waals surface area contributed by atoms with Gasteiger partial charge >= 0.3 is 38.9 Å². The zero-order valence-corrected chi connectivity index (χ0v) is 46.2. The van der Waals surface area contributed by atoms with Gasteiger partial charge in [-0.1, -0.05) is 59.6 Å². The normalized spacial score (nSPS) is 26.8. The van der Waals surface area contributed by atoms with Crippen molar-refractivity contribution in [2.24, 2.45) is 0 Å². The number of nitrogens with two attached hydrogens (primary N) is 2. The third-order valence-electron chi connectivity index (χ3n) is 11.6. The summed E-state index contributed by atoms with van der Waals surface area (Å²) in [5, 5.41) is 48.2. The van der Waals surface area contributed by atoms with E-state index in [0.717, 1.165) is 22.0 Å². The zero-order valence-electron chi connectivity index (χ0n) is 42.9. The van der Waals surface area contributed by atoms with Gasteiger partial charge < -0.3 is 49.7 Å². The fourth-order valence-corrected chi connectivity index (χ4v) is 11.3. The third kappa shape index (κ3) is 12.3. The molecule has 0 spiro atoms. The van der Waals surface area contributed by atoms with Gasteiger partial charge in [0.25, 0.3) is 10.3 Å². The highest BCUT2D eigenvalue weighted by Gasteiger charge is 2.71. The van der Waals surface area contributed by atoms with E-state index >= 15 is 8.78 Å². The van der Waals surface area contributed by atoms with Crippen LogP contribution in [0.3, 0.4) is 0 Å². The number of benzene rings is 2. The summed E-state index contributed by atoms with van der Waals surface area (Å²) in [7, 11) is -8.84. The Morgan fingerprint density at radius 3 is 1.36 bits per heavy atom. The van der Waals surface area contributed by atoms with Crippen LogP contribution < -0.4 is 30.7 Å². The van der Waals surface area contributed by atoms with Gasteiger partial charge in [0.05, 0.1) is 48.6 Å². The fraction of sp³-hybridized carbons (Fsp3) is 0.435. The Bertz CT molecular complexity index is 3160. The average Bonchev–Trinajstić information content (AvgIpc) is 4.15. The molecule has 2 aromatic carbocycles. The van der Waals surface area contributed by atoms with Crippen molar-refractivity contribution >= 4 is 84.3 Å². The number of hydrogen-bond acceptors (Lipinski definition) is 24. The Balaban J connectivity index is 0.000000231. The van der Waals surface area contributed by atoms with Gasteiger partial charge in [-0.05, 0) is 65.8 Å². The van der Waals surface area contributed by atoms with Crippen LogP contribution in [-0.2, 0) is 58.2 Å². The lowest BCUT2D eigenvalue weighted by Crippen LogP contribution is -2.50. The number of aromatic nitrogens is 8. The molecule has 2 fully saturated rings. The van der Waals surface area contributed by atoms with Gasteiger partial charge in [-0.3, -0.25) is 18.6 Å². The van der Waals surface area contributed by atoms with E-state index in [0.29, 0.717) is 0 Å². The SMILES string of the molecule is CC(C)OC(=O)C(C)N[P@@](=O)(OC[C@H]1O[C@@](C#N)(n2ncc3c(N)ncnc32)[C@@](F)(Cl)[C@@H]1O)Oc1ccccc1.CC(C)OC(=O)C(C)N[P@](=O)(OC[C@H]1O[C@@](C#N)(n2ncc3c(N)ncnc32)[C@@](F)(Cl)[C@@H]1O)Oc1ccccc1. The van der Waals surface area contributed by atoms with E-state index in [9.17, 15) is 39.5 Å². The number of nitrogens with one attached hydrogen (secondary N) is 2. The summed E-state index contributed by atoms with van der Waals surface area (Å²) in [6, 6.07) is 16.7. The zero-order chi connectivity index (χ0) is 58.6. The van der Waals surface area contributed by atoms with Crippen molar-refractivity contribution in [1.29, 1.82) is 10.5 Å². The van der Waals surface area contributed by atoms with Gasteiger partial charge in [-0.2, -0.15) is 40.3 Å². The predicted molar refractivity (Wildman–Crippen MR) is 277 cm³/mol. The largest absolute Gasteiger partial charge is 0.462 e. The van der Waals surface area contributed by atoms with Gasteiger partial charge in [-0.25, -0.2) is 37.8 Å². The monoisotopic (exact) mass is 1190 g/mol. The van der Waals surface area contributed by atoms with Crippen LogP contribution in [0.5, 0.6) is 11.5 Å². The molecule has 6 heterocycles. The molecule has 0 aliphatic carbocycles. The first-order valence-electron chi connectivity index (χ1n) is 23.8. The molecular weight excluding hydrogens is 1140 g/mol. The minimum absolute atomic E-state index is 0.00279. The van der Waals surface area contributed by atoms with Crippen LogP contribution in [0.15, 0.2) is 85.7 Å². The number of hydrogen-bond donors (Lipinski definition) is 6. The van der Waals surface area contributed by atoms with Crippen LogP contribution in [0.2, 0.25) is 0 Å². The second-order valence-corrected chi connectivity index (χ2v) is 22.6. The highest BCUT2D eigenvalue weighted by Crippen LogP contribution is 2.54. The minimum Gasteiger partial charge on any atom is -0.462 e. The number of nitrogen functional groups attached to an aromatic ring is 2. The van der Waals surface area contributed by atoms with Crippen molar-refractivity contribution in [3.05, 3.63) is 85.7 Å². The lowest BCUT2D eigenvalue weighted by Gasteiger charge is -2.29. The number of fused-ring (bicyclic) bond motifs is 2. The second kappa shape index (κ2) is 24.1. The summed E-state index contributed by atoms with van der Waals surface area (Å²) in [4.78, 5) is 40.3. The molecule has 4 aromatic heterocycles. The van der Waals surface area contributed by atoms with Gasteiger partial charge in [0.15, 0.2) is 11.3 Å². The van der Waals surface area contributed by atoms with E-state index in [4.69, 9.17) is 71.7 Å². The molecule has 12 atom stereocenters. The van der Waals surface area contributed by atoms with Crippen LogP contribution in [0.4, 0.5) is 20.4 Å². The summed E-state index contributed by atoms with van der Waals surface area (Å²) in [5.74, 6) is -1.27. The Morgan fingerprint density at radius 1 is 0.688 bits per heavy atom. The van der Waals surface area contributed by atoms with Crippen LogP contribution in [0, 0.1) is 22.7 Å². The maximum atomic E-state index is 16.0. The molecule has 0 amide bonds. The number of anilines is 2. The average molecular weight is 1200 g/mol. The minimum atomic E-state index is -4.42. The second-order valence-electron chi connectivity index (χ2n) is 18.1. The summed E-state index contributed by atoms with van der Waals surface area (Å²) in [6.45, 7) is 7.70. The van der Waals surface area contributed by atoms with Crippen molar-refractivity contribution in [1.82, 2.24) is 49.7 Å². The lowest BCUT2D eigenvalue weighted by atomic mass is 10.0. The first kappa shape index (κ1) is 60.9. The number of aliphatic hydroxyl groups is 2. The molecule has 6 aromatic rings. The summed E-state index contributed by atoms with van der Waals surface area (Å²) >= 11 is 12.2. The molecule has 2 saturated heterocycles. The number of halogens is 4. The van der Waals surface area contributed by atoms with E-state index < -0.39 is 111 Å². The molecular formula is C46H52Cl2F2N14O14P2. The molecule has 80 heavy (non-hydrogen) atoms. The van der Waals surface area contributed by atoms with E-state index in [1.165, 1.54) is 50.5 Å². The first-order valence-corrected chi connectivity index (χ1v) is 27.7. The van der Waals surface area contributed by atoms with Gasteiger partial charge in [-0.15, -0.1) is 0 Å². The van der Waals surface area contributed by atoms with Gasteiger partial charge in [0, 0.05) is 0 Å². The van der Waals surface area contributed by atoms with Crippen LogP contribution in [0.1, 0.15) is 41.5 Å². The number of nitrogens with zero attached hydrogens (tertiary/aromatic N) is 10. The molecule has 8 N–H and O–H groups in total. The molecule has 2 unspecified atom stereocenters. The highest BCUT2D eigenvalue weighted by molar-refractivity contribution is 7.52. The number of para-hydroxylation sites is 2. The highest BCUT2D eigenvalue weighted by atomic mass is 35.5. The molecule has 0 bridgehead atoms. The quantitative estimate of drug-likeness (QED) is 0.0341. The first-order chi connectivity index (χ1) is 37.7. The number of esters is 2. The number of alkyl halides is 4. The maximum absolute atomic E-state index is 16.0. The van der Waals surface area contributed by atoms with Crippen LogP contribution >= 0.6 is 38.7 Å². The van der Waals surface area contributed by atoms with Gasteiger partial charge in [0.2, 0.25) is 0 Å². The molecule has 34 heteroatoms. The number of aliphatic hydroxyl groups excluding tert-OH is 2. The van der Waals surface area contributed by atoms with E-state index in [-0.39, 0.29) is 45.2 Å². The fourth-order valence-electron chi connectivity index (χ4n) is 7.72. The summed E-state index contributed by atoms with van der Waals surface area (Å²) < 4.78 is 104. The van der Waals surface area contributed by atoms with E-state index in [2.05, 4.69) is 40.3 Å². The molecule has 2 aliphatic rings. The Kier molecular flexibility index (Phi) is 18.4. The van der Waals surface area contributed by atoms with Crippen molar-refractivity contribution in [3.8, 4) is 23.6 Å². The molecule has 8 rings (SSSR count). The number of nitriles is 2. The number of carbonyl (C=O) groups is 2. The third-order valence-corrected chi connectivity index (χ3v) is 15.8. The van der Waals surface area contributed by atoms with Crippen molar-refractivity contribution in [2.75, 3.05) is 24.7 Å². The molecule has 2 aliphatic heterocycles. The predicted octanol–water partition coefficient (Wildman–Crippen LogP) is 4.77. The topological polar surface area (TPSA) is 393 Å². The van der Waals surface area contributed by atoms with Crippen LogP contribution in [0.25, 0.3) is 22.1 Å². The number of ether oxygens (including phenoxy) is 4. The molecule has 0 radical (unpaired) electrons. The standard InChI is InChI=1S/2C23H26ClFN7O7P/c2*1-13(2)37-21(34)14(3)31-40(35,39-15-7-5-4-6-8-15)36-10-17-18(33)23(24,25)22(11-26,38-17)32-20-16(9-30-32)19(27)28-12-29-20/h2*4-9,12-14,17-18,33H,10H2,1-3H3,(H,31,35)(H2,27,28,29)/t14?,17-,18-,22-,23-,40+;14?,17-,18-,22-,23-,40-/m11/s1. The van der Waals surface area contributed by atoms with E-state index in [1.807, 2.05) is 0 Å². The van der Waals surface area contributed by atoms with Crippen molar-refractivity contribution in [2.45, 2.75) is 112 Å². The number of carbonyl (C=O) groups excluding carboxylic acids is 2. The maximum Gasteiger partial charge on any atom is 0.459 e. The summed E-state index contributed by atoms with van der Waals surface area (Å²) in [6.07, 6.45) is -4.14. The smallest absolute Gasteiger partial charge is 0.459 e. The lowest BCUT2D eigenvalue weighted by molar-refractivity contribution is -0.150. The summed E-state index contributed by atoms with van der Waals surface area (Å²) in [5.41, 5.74) is 5.93. The molecule has 28 nitrogen and oxygen atoms in total. The number of rotatable bonds is 20. The van der Waals surface area contributed by atoms with Gasteiger partial charge in [0.1, 0.15) is 84.4 Å². The molecule has 0 saturated carbocycles. The Morgan fingerprint density at radius 2 is 1.04 bits per heavy atom. The Labute approximate surface area is 463 Å². The van der Waals surface area contributed by atoms with Crippen molar-refractivity contribution < 1.29 is 74.8 Å².